The highest BCUT2D eigenvalue weighted by molar-refractivity contribution is 7.07. The normalized spacial score (nSPS) is 12.4. The minimum absolute atomic E-state index is 0.151. The molecule has 0 fully saturated rings. The summed E-state index contributed by atoms with van der Waals surface area (Å²) < 4.78 is 6.63. The summed E-state index contributed by atoms with van der Waals surface area (Å²) in [6.07, 6.45) is 4.48. The first-order valence-corrected chi connectivity index (χ1v) is 8.76. The average molecular weight is 382 g/mol. The lowest BCUT2D eigenvalue weighted by Crippen LogP contribution is -2.43. The van der Waals surface area contributed by atoms with E-state index >= 15 is 0 Å². The highest BCUT2D eigenvalue weighted by atomic mass is 32.1. The number of rotatable bonds is 4. The smallest absolute Gasteiger partial charge is 0.332 e. The molecule has 2 heterocycles. The van der Waals surface area contributed by atoms with E-state index in [9.17, 15) is 14.4 Å². The number of hydrogen-bond acceptors (Lipinski definition) is 5. The monoisotopic (exact) mass is 382 g/mol. The van der Waals surface area contributed by atoms with Crippen molar-refractivity contribution in [1.82, 2.24) is 4.98 Å². The molecule has 136 valence electrons. The summed E-state index contributed by atoms with van der Waals surface area (Å²) in [5.74, 6) is -1.05. The van der Waals surface area contributed by atoms with Gasteiger partial charge in [-0.15, -0.1) is 11.3 Å². The van der Waals surface area contributed by atoms with Crippen LogP contribution in [0.15, 0.2) is 65.7 Å². The molecule has 0 spiro atoms. The number of carbonyl (C=O) groups excluding carboxylic acids is 2. The van der Waals surface area contributed by atoms with Gasteiger partial charge in [-0.1, -0.05) is 24.3 Å². The summed E-state index contributed by atoms with van der Waals surface area (Å²) >= 11 is 1.00. The summed E-state index contributed by atoms with van der Waals surface area (Å²) in [6.45, 7) is 0. The van der Waals surface area contributed by atoms with Crippen LogP contribution in [0.1, 0.15) is 0 Å². The van der Waals surface area contributed by atoms with Crippen LogP contribution >= 0.6 is 11.3 Å². The number of nitrogens with zero attached hydrogens (tertiary/aromatic N) is 1. The topological polar surface area (TPSA) is 92.1 Å². The molecule has 0 bridgehead atoms. The van der Waals surface area contributed by atoms with Gasteiger partial charge in [0.25, 0.3) is 5.56 Å². The number of aromatic amines is 1. The fourth-order valence-corrected chi connectivity index (χ4v) is 3.27. The van der Waals surface area contributed by atoms with E-state index in [0.29, 0.717) is 10.4 Å². The summed E-state index contributed by atoms with van der Waals surface area (Å²) in [4.78, 5) is 39.2. The number of aromatic nitrogens is 2. The SMILES string of the molecule is COC(=O)C=c1sc(=C(C(=O)Nc2ccccc2)[n+]2ccccc2)[nH]c1=O. The zero-order chi connectivity index (χ0) is 19.2. The van der Waals surface area contributed by atoms with Crippen molar-refractivity contribution < 1.29 is 18.9 Å². The van der Waals surface area contributed by atoms with E-state index in [0.717, 1.165) is 17.4 Å². The van der Waals surface area contributed by atoms with Crippen LogP contribution in [0.4, 0.5) is 5.69 Å². The van der Waals surface area contributed by atoms with Crippen LogP contribution in [0.2, 0.25) is 0 Å². The van der Waals surface area contributed by atoms with Crippen molar-refractivity contribution in [3.8, 4) is 0 Å². The molecule has 2 N–H and O–H groups in total. The van der Waals surface area contributed by atoms with E-state index in [4.69, 9.17) is 0 Å². The molecule has 8 heteroatoms. The number of pyridine rings is 1. The Morgan fingerprint density at radius 1 is 1.11 bits per heavy atom. The van der Waals surface area contributed by atoms with Crippen molar-refractivity contribution in [2.45, 2.75) is 0 Å². The Morgan fingerprint density at radius 2 is 1.78 bits per heavy atom. The van der Waals surface area contributed by atoms with E-state index in [2.05, 4.69) is 15.0 Å². The number of thiazole rings is 1. The number of H-pyrrole nitrogens is 1. The highest BCUT2D eigenvalue weighted by Gasteiger charge is 2.23. The van der Waals surface area contributed by atoms with Crippen LogP contribution in [-0.4, -0.2) is 24.0 Å². The van der Waals surface area contributed by atoms with E-state index < -0.39 is 17.4 Å². The van der Waals surface area contributed by atoms with Gasteiger partial charge in [0.1, 0.15) is 4.53 Å². The quantitative estimate of drug-likeness (QED) is 0.490. The number of methoxy groups -OCH3 is 1. The number of amides is 1. The fraction of sp³-hybridized carbons (Fsp3) is 0.0526. The van der Waals surface area contributed by atoms with Crippen LogP contribution < -0.4 is 24.6 Å². The Kier molecular flexibility index (Phi) is 5.58. The maximum Gasteiger partial charge on any atom is 0.332 e. The number of ether oxygens (including phenoxy) is 1. The number of benzene rings is 1. The van der Waals surface area contributed by atoms with Gasteiger partial charge in [-0.2, -0.15) is 4.57 Å². The Hall–Kier alpha value is -3.52. The maximum atomic E-state index is 12.9. The predicted molar refractivity (Wildman–Crippen MR) is 101 cm³/mol. The molecular formula is C19H16N3O4S+. The zero-order valence-electron chi connectivity index (χ0n) is 14.3. The van der Waals surface area contributed by atoms with Gasteiger partial charge >= 0.3 is 17.6 Å². The summed E-state index contributed by atoms with van der Waals surface area (Å²) in [5.41, 5.74) is 0.379. The van der Waals surface area contributed by atoms with Crippen LogP contribution in [0.5, 0.6) is 0 Å². The van der Waals surface area contributed by atoms with Crippen molar-refractivity contribution in [2.75, 3.05) is 12.4 Å². The Balaban J connectivity index is 2.17. The number of para-hydroxylation sites is 1. The van der Waals surface area contributed by atoms with Gasteiger partial charge in [-0.25, -0.2) is 4.79 Å². The van der Waals surface area contributed by atoms with Crippen molar-refractivity contribution in [1.29, 1.82) is 0 Å². The first-order chi connectivity index (χ1) is 13.1. The Morgan fingerprint density at radius 3 is 2.44 bits per heavy atom. The Bertz CT molecular complexity index is 1130. The fourth-order valence-electron chi connectivity index (χ4n) is 2.31. The molecular weight excluding hydrogens is 366 g/mol. The lowest BCUT2D eigenvalue weighted by atomic mass is 10.3. The third kappa shape index (κ3) is 4.36. The van der Waals surface area contributed by atoms with Crippen LogP contribution in [0.3, 0.4) is 0 Å². The van der Waals surface area contributed by atoms with E-state index in [1.54, 1.807) is 53.4 Å². The second kappa shape index (κ2) is 8.24. The molecule has 2 aromatic heterocycles. The number of nitrogens with one attached hydrogen (secondary N) is 2. The molecule has 0 aliphatic rings. The van der Waals surface area contributed by atoms with Gasteiger partial charge in [-0.3, -0.25) is 9.59 Å². The van der Waals surface area contributed by atoms with Crippen molar-refractivity contribution in [2.24, 2.45) is 0 Å². The van der Waals surface area contributed by atoms with Crippen LogP contribution in [-0.2, 0) is 14.3 Å². The molecule has 0 saturated carbocycles. The average Bonchev–Trinajstić information content (AvgIpc) is 3.03. The molecule has 7 nitrogen and oxygen atoms in total. The lowest BCUT2D eigenvalue weighted by Gasteiger charge is -2.03. The third-order valence-corrected chi connectivity index (χ3v) is 4.57. The van der Waals surface area contributed by atoms with Crippen molar-refractivity contribution in [3.63, 3.8) is 0 Å². The zero-order valence-corrected chi connectivity index (χ0v) is 15.2. The molecule has 0 aliphatic heterocycles. The van der Waals surface area contributed by atoms with Crippen molar-refractivity contribution >= 4 is 40.7 Å². The molecule has 0 saturated heterocycles. The summed E-state index contributed by atoms with van der Waals surface area (Å²) in [7, 11) is 1.23. The van der Waals surface area contributed by atoms with Gasteiger partial charge in [0.2, 0.25) is 0 Å². The number of anilines is 1. The summed E-state index contributed by atoms with van der Waals surface area (Å²) in [6, 6.07) is 14.3. The first kappa shape index (κ1) is 18.3. The Labute approximate surface area is 157 Å². The minimum Gasteiger partial charge on any atom is -0.466 e. The van der Waals surface area contributed by atoms with Gasteiger partial charge in [0.05, 0.1) is 7.11 Å². The molecule has 3 rings (SSSR count). The van der Waals surface area contributed by atoms with Gasteiger partial charge in [-0.05, 0) is 12.1 Å². The van der Waals surface area contributed by atoms with Gasteiger partial charge in [0.15, 0.2) is 17.1 Å². The molecule has 0 unspecified atom stereocenters. The number of carbonyl (C=O) groups is 2. The molecule has 1 aromatic carbocycles. The van der Waals surface area contributed by atoms with Gasteiger partial charge < -0.3 is 15.0 Å². The number of esters is 1. The first-order valence-electron chi connectivity index (χ1n) is 7.94. The lowest BCUT2D eigenvalue weighted by molar-refractivity contribution is -0.578. The predicted octanol–water partition coefficient (Wildman–Crippen LogP) is -0.0274. The van der Waals surface area contributed by atoms with Crippen molar-refractivity contribution in [3.05, 3.63) is 80.5 Å². The summed E-state index contributed by atoms with van der Waals surface area (Å²) in [5, 5.41) is 2.81. The molecule has 0 radical (unpaired) electrons. The van der Waals surface area contributed by atoms with Crippen LogP contribution in [0.25, 0.3) is 11.8 Å². The molecule has 0 atom stereocenters. The van der Waals surface area contributed by atoms with Gasteiger partial charge in [0, 0.05) is 23.9 Å². The van der Waals surface area contributed by atoms with E-state index in [1.807, 2.05) is 12.1 Å². The molecule has 0 aliphatic carbocycles. The number of hydrogen-bond donors (Lipinski definition) is 2. The van der Waals surface area contributed by atoms with E-state index in [1.165, 1.54) is 7.11 Å². The molecule has 1 amide bonds. The minimum atomic E-state index is -0.642. The largest absolute Gasteiger partial charge is 0.466 e. The standard InChI is InChI=1S/C19H15N3O4S/c1-26-15(23)12-14-17(24)21-19(27-14)16(22-10-6-3-7-11-22)18(25)20-13-8-4-2-5-9-13/h2-12H,1H3,(H-,20,21,24,25)/p+1. The second-order valence-corrected chi connectivity index (χ2v) is 6.42. The maximum absolute atomic E-state index is 12.9. The van der Waals surface area contributed by atoms with Crippen LogP contribution in [0, 0.1) is 0 Å². The van der Waals surface area contributed by atoms with E-state index in [-0.39, 0.29) is 10.2 Å². The third-order valence-electron chi connectivity index (χ3n) is 3.55. The second-order valence-electron chi connectivity index (χ2n) is 5.37. The molecule has 3 aromatic rings. The highest BCUT2D eigenvalue weighted by Crippen LogP contribution is 2.06. The molecule has 27 heavy (non-hydrogen) atoms.